The van der Waals surface area contributed by atoms with E-state index in [0.29, 0.717) is 12.5 Å². The number of likely N-dealkylation sites (N-methyl/N-ethyl adjacent to an activating group) is 1. The van der Waals surface area contributed by atoms with Gasteiger partial charge in [-0.2, -0.15) is 0 Å². The molecule has 1 heterocycles. The lowest BCUT2D eigenvalue weighted by Gasteiger charge is -2.15. The largest absolute Gasteiger partial charge is 0.361 e. The van der Waals surface area contributed by atoms with Crippen molar-refractivity contribution in [3.05, 3.63) is 47.3 Å². The Morgan fingerprint density at radius 2 is 1.93 bits per heavy atom. The van der Waals surface area contributed by atoms with Crippen molar-refractivity contribution in [2.24, 2.45) is 4.99 Å². The first-order valence-corrected chi connectivity index (χ1v) is 9.78. The van der Waals surface area contributed by atoms with Crippen LogP contribution in [0.1, 0.15) is 17.0 Å². The Kier molecular flexibility index (Phi) is 11.0. The standard InChI is InChI=1S/C19H27N5O2S.HI/c1-14-17(15(2)26-23-14)12-21-19(22-13-18(25)24(3)4)20-10-11-27-16-8-6-5-7-9-16;/h5-9H,10-13H2,1-4H3,(H2,20,21,22);1H. The van der Waals surface area contributed by atoms with Crippen LogP contribution in [-0.4, -0.2) is 54.9 Å². The van der Waals surface area contributed by atoms with Crippen molar-refractivity contribution in [1.82, 2.24) is 20.7 Å². The number of halogens is 1. The van der Waals surface area contributed by atoms with E-state index in [-0.39, 0.29) is 36.4 Å². The number of thioether (sulfide) groups is 1. The van der Waals surface area contributed by atoms with Crippen molar-refractivity contribution in [2.75, 3.05) is 32.9 Å². The molecule has 0 bridgehead atoms. The van der Waals surface area contributed by atoms with E-state index in [0.717, 1.165) is 29.3 Å². The molecular formula is C19H28IN5O2S. The van der Waals surface area contributed by atoms with Gasteiger partial charge in [0.15, 0.2) is 5.96 Å². The summed E-state index contributed by atoms with van der Waals surface area (Å²) in [6.45, 7) is 5.12. The number of carbonyl (C=O) groups is 1. The molecule has 0 aliphatic rings. The van der Waals surface area contributed by atoms with Crippen LogP contribution in [0.5, 0.6) is 0 Å². The summed E-state index contributed by atoms with van der Waals surface area (Å²) in [7, 11) is 3.46. The van der Waals surface area contributed by atoms with Gasteiger partial charge in [0.2, 0.25) is 5.91 Å². The van der Waals surface area contributed by atoms with E-state index >= 15 is 0 Å². The second kappa shape index (κ2) is 12.7. The van der Waals surface area contributed by atoms with Crippen LogP contribution in [0.4, 0.5) is 0 Å². The first-order valence-electron chi connectivity index (χ1n) is 8.79. The quantitative estimate of drug-likeness (QED) is 0.184. The third-order valence-electron chi connectivity index (χ3n) is 3.89. The van der Waals surface area contributed by atoms with Crippen molar-refractivity contribution in [1.29, 1.82) is 0 Å². The van der Waals surface area contributed by atoms with Crippen molar-refractivity contribution in [2.45, 2.75) is 25.3 Å². The van der Waals surface area contributed by atoms with Crippen LogP contribution in [0, 0.1) is 13.8 Å². The molecule has 7 nitrogen and oxygen atoms in total. The second-order valence-corrected chi connectivity index (χ2v) is 7.37. The number of carbonyl (C=O) groups excluding carboxylic acids is 1. The molecule has 1 amide bonds. The van der Waals surface area contributed by atoms with Crippen molar-refractivity contribution < 1.29 is 9.32 Å². The number of hydrogen-bond donors (Lipinski definition) is 2. The Morgan fingerprint density at radius 3 is 2.54 bits per heavy atom. The summed E-state index contributed by atoms with van der Waals surface area (Å²) < 4.78 is 5.18. The zero-order valence-electron chi connectivity index (χ0n) is 16.7. The number of hydrogen-bond acceptors (Lipinski definition) is 5. The third-order valence-corrected chi connectivity index (χ3v) is 4.90. The van der Waals surface area contributed by atoms with Crippen LogP contribution in [-0.2, 0) is 11.3 Å². The first kappa shape index (κ1) is 24.3. The van der Waals surface area contributed by atoms with Gasteiger partial charge in [0.05, 0.1) is 18.8 Å². The Hall–Kier alpha value is -1.75. The van der Waals surface area contributed by atoms with Crippen LogP contribution >= 0.6 is 35.7 Å². The van der Waals surface area contributed by atoms with Gasteiger partial charge in [-0.1, -0.05) is 23.4 Å². The number of amides is 1. The van der Waals surface area contributed by atoms with E-state index in [1.54, 1.807) is 30.8 Å². The molecule has 0 saturated carbocycles. The molecule has 28 heavy (non-hydrogen) atoms. The van der Waals surface area contributed by atoms with E-state index < -0.39 is 0 Å². The number of rotatable bonds is 8. The van der Waals surface area contributed by atoms with Gasteiger partial charge >= 0.3 is 0 Å². The van der Waals surface area contributed by atoms with Gasteiger partial charge in [-0.25, -0.2) is 4.99 Å². The molecule has 1 aromatic heterocycles. The maximum atomic E-state index is 11.9. The first-order chi connectivity index (χ1) is 13.0. The highest BCUT2D eigenvalue weighted by Crippen LogP contribution is 2.16. The number of nitrogens with zero attached hydrogens (tertiary/aromatic N) is 3. The van der Waals surface area contributed by atoms with Gasteiger partial charge < -0.3 is 20.1 Å². The minimum atomic E-state index is -0.0134. The summed E-state index contributed by atoms with van der Waals surface area (Å²) in [6.07, 6.45) is 0. The molecule has 0 aliphatic heterocycles. The fourth-order valence-corrected chi connectivity index (χ4v) is 3.02. The smallest absolute Gasteiger partial charge is 0.241 e. The maximum Gasteiger partial charge on any atom is 0.241 e. The van der Waals surface area contributed by atoms with Gasteiger partial charge in [-0.05, 0) is 26.0 Å². The van der Waals surface area contributed by atoms with Gasteiger partial charge in [-0.3, -0.25) is 4.79 Å². The summed E-state index contributed by atoms with van der Waals surface area (Å²) in [5, 5.41) is 10.3. The molecule has 0 fully saturated rings. The summed E-state index contributed by atoms with van der Waals surface area (Å²) >= 11 is 1.77. The predicted octanol–water partition coefficient (Wildman–Crippen LogP) is 2.83. The van der Waals surface area contributed by atoms with Crippen molar-refractivity contribution >= 4 is 47.6 Å². The molecule has 0 radical (unpaired) electrons. The van der Waals surface area contributed by atoms with E-state index in [4.69, 9.17) is 4.52 Å². The monoisotopic (exact) mass is 517 g/mol. The molecule has 0 atom stereocenters. The molecule has 0 unspecified atom stereocenters. The fraction of sp³-hybridized carbons (Fsp3) is 0.421. The summed E-state index contributed by atoms with van der Waals surface area (Å²) in [5.41, 5.74) is 1.80. The Balaban J connectivity index is 0.00000392. The molecule has 1 aromatic carbocycles. The topological polar surface area (TPSA) is 82.8 Å². The molecule has 2 aromatic rings. The molecule has 0 aliphatic carbocycles. The summed E-state index contributed by atoms with van der Waals surface area (Å²) in [4.78, 5) is 19.2. The van der Waals surface area contributed by atoms with Gasteiger partial charge in [0, 0.05) is 36.9 Å². The molecule has 154 valence electrons. The summed E-state index contributed by atoms with van der Waals surface area (Å²) in [6, 6.07) is 10.2. The lowest BCUT2D eigenvalue weighted by molar-refractivity contribution is -0.127. The highest BCUT2D eigenvalue weighted by molar-refractivity contribution is 14.0. The van der Waals surface area contributed by atoms with E-state index in [9.17, 15) is 4.79 Å². The lowest BCUT2D eigenvalue weighted by atomic mass is 10.2. The molecule has 9 heteroatoms. The lowest BCUT2D eigenvalue weighted by Crippen LogP contribution is -2.43. The number of guanidine groups is 1. The number of aliphatic imine (C=N–C) groups is 1. The van der Waals surface area contributed by atoms with E-state index in [1.807, 2.05) is 32.0 Å². The number of aromatic nitrogens is 1. The molecule has 0 saturated heterocycles. The normalized spacial score (nSPS) is 10.9. The number of nitrogens with one attached hydrogen (secondary N) is 2. The Morgan fingerprint density at radius 1 is 1.21 bits per heavy atom. The second-order valence-electron chi connectivity index (χ2n) is 6.20. The van der Waals surface area contributed by atoms with Crippen molar-refractivity contribution in [3.63, 3.8) is 0 Å². The van der Waals surface area contributed by atoms with E-state index in [1.165, 1.54) is 4.90 Å². The Labute approximate surface area is 187 Å². The van der Waals surface area contributed by atoms with Crippen LogP contribution < -0.4 is 10.6 Å². The van der Waals surface area contributed by atoms with Gasteiger partial charge in [0.25, 0.3) is 0 Å². The molecule has 0 spiro atoms. The number of benzene rings is 1. The minimum Gasteiger partial charge on any atom is -0.361 e. The maximum absolute atomic E-state index is 11.9. The fourth-order valence-electron chi connectivity index (χ4n) is 2.23. The SMILES string of the molecule is Cc1noc(C)c1CN=C(NCCSc1ccccc1)NCC(=O)N(C)C.I. The van der Waals surface area contributed by atoms with Gasteiger partial charge in [0.1, 0.15) is 5.76 Å². The number of aryl methyl sites for hydroxylation is 2. The highest BCUT2D eigenvalue weighted by Gasteiger charge is 2.10. The molecule has 2 N–H and O–H groups in total. The molecular weight excluding hydrogens is 489 g/mol. The van der Waals surface area contributed by atoms with Gasteiger partial charge in [-0.15, -0.1) is 35.7 Å². The predicted molar refractivity (Wildman–Crippen MR) is 124 cm³/mol. The molecule has 2 rings (SSSR count). The summed E-state index contributed by atoms with van der Waals surface area (Å²) in [5.74, 6) is 2.23. The average Bonchev–Trinajstić information content (AvgIpc) is 2.98. The zero-order chi connectivity index (χ0) is 19.6. The van der Waals surface area contributed by atoms with E-state index in [2.05, 4.69) is 32.9 Å². The van der Waals surface area contributed by atoms with Crippen LogP contribution in [0.3, 0.4) is 0 Å². The minimum absolute atomic E-state index is 0. The Bertz CT molecular complexity index is 745. The third kappa shape index (κ3) is 8.09. The van der Waals surface area contributed by atoms with Crippen LogP contribution in [0.2, 0.25) is 0 Å². The van der Waals surface area contributed by atoms with Crippen LogP contribution in [0.25, 0.3) is 0 Å². The van der Waals surface area contributed by atoms with Crippen LogP contribution in [0.15, 0.2) is 44.7 Å². The average molecular weight is 517 g/mol. The zero-order valence-corrected chi connectivity index (χ0v) is 19.8. The highest BCUT2D eigenvalue weighted by atomic mass is 127. The van der Waals surface area contributed by atoms with Crippen molar-refractivity contribution in [3.8, 4) is 0 Å².